The Hall–Kier alpha value is -1.32. The number of hydrogen-bond acceptors (Lipinski definition) is 6. The van der Waals surface area contributed by atoms with Crippen molar-refractivity contribution < 1.29 is 13.3 Å². The lowest BCUT2D eigenvalue weighted by Gasteiger charge is -2.12. The molecule has 0 aromatic heterocycles. The van der Waals surface area contributed by atoms with E-state index >= 15 is 0 Å². The lowest BCUT2D eigenvalue weighted by atomic mass is 10.3. The van der Waals surface area contributed by atoms with Crippen LogP contribution in [-0.2, 0) is 10.0 Å². The van der Waals surface area contributed by atoms with Crippen LogP contribution >= 0.6 is 11.8 Å². The molecule has 2 rings (SSSR count). The van der Waals surface area contributed by atoms with E-state index in [4.69, 9.17) is 5.73 Å². The van der Waals surface area contributed by atoms with Crippen LogP contribution < -0.4 is 10.5 Å². The van der Waals surface area contributed by atoms with E-state index in [2.05, 4.69) is 4.72 Å². The summed E-state index contributed by atoms with van der Waals surface area (Å²) in [4.78, 5) is 9.80. The summed E-state index contributed by atoms with van der Waals surface area (Å²) < 4.78 is 26.9. The highest BCUT2D eigenvalue weighted by atomic mass is 32.2. The zero-order valence-corrected chi connectivity index (χ0v) is 11.5. The maximum Gasteiger partial charge on any atom is 0.312 e. The fourth-order valence-corrected chi connectivity index (χ4v) is 4.59. The summed E-state index contributed by atoms with van der Waals surface area (Å²) >= 11 is 1.65. The first-order valence-electron chi connectivity index (χ1n) is 5.55. The Morgan fingerprint density at radius 2 is 2.21 bits per heavy atom. The van der Waals surface area contributed by atoms with Crippen molar-refractivity contribution in [2.75, 3.05) is 17.2 Å². The van der Waals surface area contributed by atoms with Gasteiger partial charge in [-0.3, -0.25) is 10.1 Å². The molecule has 19 heavy (non-hydrogen) atoms. The molecule has 1 heterocycles. The minimum Gasteiger partial charge on any atom is -0.393 e. The number of nitrogens with two attached hydrogens (primary N) is 1. The Morgan fingerprint density at radius 1 is 1.47 bits per heavy atom. The molecule has 9 heteroatoms. The number of sulfonamides is 1. The largest absolute Gasteiger partial charge is 0.393 e. The fourth-order valence-electron chi connectivity index (χ4n) is 1.86. The highest BCUT2D eigenvalue weighted by molar-refractivity contribution is 7.99. The van der Waals surface area contributed by atoms with E-state index in [9.17, 15) is 18.5 Å². The molecule has 1 unspecified atom stereocenters. The van der Waals surface area contributed by atoms with Crippen molar-refractivity contribution >= 4 is 33.2 Å². The molecular formula is C10H13N3O4S2. The topological polar surface area (TPSA) is 115 Å². The predicted octanol–water partition coefficient (Wildman–Crippen LogP) is 0.961. The Labute approximate surface area is 114 Å². The fraction of sp³-hybridized carbons (Fsp3) is 0.400. The van der Waals surface area contributed by atoms with Crippen LogP contribution in [0.3, 0.4) is 0 Å². The molecule has 0 aliphatic carbocycles. The number of nitro groups is 1. The number of thioether (sulfide) groups is 1. The van der Waals surface area contributed by atoms with Gasteiger partial charge in [0.25, 0.3) is 0 Å². The van der Waals surface area contributed by atoms with Crippen LogP contribution in [0.5, 0.6) is 0 Å². The first kappa shape index (κ1) is 14.1. The molecule has 1 fully saturated rings. The number of rotatable bonds is 4. The molecular weight excluding hydrogens is 290 g/mol. The Morgan fingerprint density at radius 3 is 2.79 bits per heavy atom. The second kappa shape index (κ2) is 5.35. The summed E-state index contributed by atoms with van der Waals surface area (Å²) in [5, 5.41) is 11.0. The maximum atomic E-state index is 12.2. The summed E-state index contributed by atoms with van der Waals surface area (Å²) in [5.41, 5.74) is 4.76. The third-order valence-corrected chi connectivity index (χ3v) is 5.47. The zero-order valence-electron chi connectivity index (χ0n) is 9.90. The normalized spacial score (nSPS) is 19.5. The van der Waals surface area contributed by atoms with Crippen LogP contribution in [-0.4, -0.2) is 30.9 Å². The van der Waals surface area contributed by atoms with Gasteiger partial charge in [-0.25, -0.2) is 13.1 Å². The molecule has 1 aliphatic heterocycles. The van der Waals surface area contributed by atoms with Crippen molar-refractivity contribution in [2.24, 2.45) is 0 Å². The maximum absolute atomic E-state index is 12.2. The lowest BCUT2D eigenvalue weighted by molar-refractivity contribution is -0.386. The summed E-state index contributed by atoms with van der Waals surface area (Å²) in [7, 11) is -3.93. The first-order valence-corrected chi connectivity index (χ1v) is 8.18. The van der Waals surface area contributed by atoms with Gasteiger partial charge in [0.2, 0.25) is 10.0 Å². The summed E-state index contributed by atoms with van der Waals surface area (Å²) in [6, 6.07) is 3.71. The monoisotopic (exact) mass is 303 g/mol. The highest BCUT2D eigenvalue weighted by Gasteiger charge is 2.30. The molecule has 0 radical (unpaired) electrons. The first-order chi connectivity index (χ1) is 8.92. The van der Waals surface area contributed by atoms with Gasteiger partial charge >= 0.3 is 5.69 Å². The molecule has 1 aromatic carbocycles. The number of hydrogen-bond donors (Lipinski definition) is 2. The molecule has 1 saturated heterocycles. The van der Waals surface area contributed by atoms with E-state index in [1.165, 1.54) is 18.2 Å². The van der Waals surface area contributed by atoms with E-state index in [1.807, 2.05) is 0 Å². The van der Waals surface area contributed by atoms with Gasteiger partial charge in [0.15, 0.2) is 4.90 Å². The van der Waals surface area contributed by atoms with Gasteiger partial charge in [-0.15, -0.1) is 0 Å². The van der Waals surface area contributed by atoms with E-state index in [0.29, 0.717) is 5.75 Å². The molecule has 7 nitrogen and oxygen atoms in total. The van der Waals surface area contributed by atoms with Crippen LogP contribution in [0.15, 0.2) is 23.1 Å². The van der Waals surface area contributed by atoms with Crippen molar-refractivity contribution in [1.82, 2.24) is 4.72 Å². The van der Waals surface area contributed by atoms with Crippen molar-refractivity contribution in [3.63, 3.8) is 0 Å². The average Bonchev–Trinajstić information content (AvgIpc) is 2.80. The van der Waals surface area contributed by atoms with Gasteiger partial charge in [0.1, 0.15) is 5.69 Å². The molecule has 1 aromatic rings. The van der Waals surface area contributed by atoms with Crippen molar-refractivity contribution in [3.05, 3.63) is 28.3 Å². The molecule has 0 saturated carbocycles. The van der Waals surface area contributed by atoms with Gasteiger partial charge in [-0.2, -0.15) is 11.8 Å². The number of nitro benzene ring substituents is 1. The number of nitrogens with zero attached hydrogens (tertiary/aromatic N) is 1. The van der Waals surface area contributed by atoms with Gasteiger partial charge < -0.3 is 5.73 Å². The Kier molecular flexibility index (Phi) is 3.97. The van der Waals surface area contributed by atoms with Gasteiger partial charge in [-0.1, -0.05) is 6.07 Å². The van der Waals surface area contributed by atoms with Crippen molar-refractivity contribution in [2.45, 2.75) is 17.4 Å². The van der Waals surface area contributed by atoms with Crippen LogP contribution in [0.2, 0.25) is 0 Å². The summed E-state index contributed by atoms with van der Waals surface area (Å²) in [6.07, 6.45) is 0.722. The summed E-state index contributed by atoms with van der Waals surface area (Å²) in [5.74, 6) is 1.56. The van der Waals surface area contributed by atoms with Gasteiger partial charge in [-0.05, 0) is 24.3 Å². The lowest BCUT2D eigenvalue weighted by Crippen LogP contribution is -2.35. The third kappa shape index (κ3) is 2.99. The van der Waals surface area contributed by atoms with Crippen LogP contribution in [0, 0.1) is 10.1 Å². The van der Waals surface area contributed by atoms with Crippen molar-refractivity contribution in [1.29, 1.82) is 0 Å². The second-order valence-corrected chi connectivity index (χ2v) is 6.97. The number of anilines is 1. The van der Waals surface area contributed by atoms with Gasteiger partial charge in [0.05, 0.1) is 4.92 Å². The number of benzene rings is 1. The predicted molar refractivity (Wildman–Crippen MR) is 73.6 cm³/mol. The van der Waals surface area contributed by atoms with E-state index in [0.717, 1.165) is 12.2 Å². The van der Waals surface area contributed by atoms with Crippen LogP contribution in [0.25, 0.3) is 0 Å². The van der Waals surface area contributed by atoms with E-state index in [-0.39, 0.29) is 16.6 Å². The average molecular weight is 303 g/mol. The molecule has 1 atom stereocenters. The molecule has 0 spiro atoms. The standard InChI is InChI=1S/C10H13N3O4S2/c11-8-2-1-3-9(10(8)13(14)15)19(16,17)12-7-4-5-18-6-7/h1-3,7,12H,4-6,11H2. The molecule has 3 N–H and O–H groups in total. The number of nitrogen functional groups attached to an aromatic ring is 1. The number of para-hydroxylation sites is 1. The third-order valence-electron chi connectivity index (χ3n) is 2.75. The second-order valence-electron chi connectivity index (χ2n) is 4.13. The molecule has 104 valence electrons. The van der Waals surface area contributed by atoms with Crippen LogP contribution in [0.4, 0.5) is 11.4 Å². The highest BCUT2D eigenvalue weighted by Crippen LogP contribution is 2.30. The Balaban J connectivity index is 2.39. The smallest absolute Gasteiger partial charge is 0.312 e. The minimum absolute atomic E-state index is 0.159. The van der Waals surface area contributed by atoms with Crippen LogP contribution in [0.1, 0.15) is 6.42 Å². The molecule has 0 amide bonds. The Bertz CT molecular complexity index is 597. The SMILES string of the molecule is Nc1cccc(S(=O)(=O)NC2CCSC2)c1[N+](=O)[O-]. The number of nitrogens with one attached hydrogen (secondary N) is 1. The van der Waals surface area contributed by atoms with E-state index in [1.54, 1.807) is 11.8 Å². The quantitative estimate of drug-likeness (QED) is 0.486. The zero-order chi connectivity index (χ0) is 14.0. The van der Waals surface area contributed by atoms with Crippen molar-refractivity contribution in [3.8, 4) is 0 Å². The van der Waals surface area contributed by atoms with Gasteiger partial charge in [0, 0.05) is 11.8 Å². The van der Waals surface area contributed by atoms with E-state index < -0.39 is 20.6 Å². The summed E-state index contributed by atoms with van der Waals surface area (Å²) in [6.45, 7) is 0. The minimum atomic E-state index is -3.93. The molecule has 0 bridgehead atoms. The molecule has 1 aliphatic rings.